The number of ketones is 1. The van der Waals surface area contributed by atoms with Gasteiger partial charge < -0.3 is 0 Å². The Morgan fingerprint density at radius 1 is 0.656 bits per heavy atom. The summed E-state index contributed by atoms with van der Waals surface area (Å²) in [4.78, 5) is 13.7. The highest BCUT2D eigenvalue weighted by atomic mass is 35.5. The first kappa shape index (κ1) is 22.1. The molecule has 4 aromatic carbocycles. The number of allylic oxidation sites excluding steroid dienone is 1. The highest BCUT2D eigenvalue weighted by molar-refractivity contribution is 7.96. The van der Waals surface area contributed by atoms with E-state index in [1.165, 1.54) is 0 Å². The molecule has 1 nitrogen and oxygen atoms in total. The standard InChI is InChI=1S/C29H24ClOP/c1-23(29(31)22-21-24-13-11-12-20-28(24)30)32(25-14-5-2-6-15-25,26-16-7-3-8-17-26)27-18-9-4-10-19-27/h2-22H,1H3/b22-21+. The minimum Gasteiger partial charge on any atom is -0.290 e. The van der Waals surface area contributed by atoms with Crippen LogP contribution in [0.5, 0.6) is 0 Å². The van der Waals surface area contributed by atoms with Gasteiger partial charge >= 0.3 is 0 Å². The van der Waals surface area contributed by atoms with Crippen molar-refractivity contribution in [3.8, 4) is 0 Å². The van der Waals surface area contributed by atoms with E-state index in [2.05, 4.69) is 36.4 Å². The van der Waals surface area contributed by atoms with Crippen LogP contribution in [0.2, 0.25) is 5.02 Å². The van der Waals surface area contributed by atoms with Gasteiger partial charge in [0.05, 0.1) is 0 Å². The van der Waals surface area contributed by atoms with Gasteiger partial charge in [-0.1, -0.05) is 121 Å². The molecule has 4 rings (SSSR count). The zero-order valence-corrected chi connectivity index (χ0v) is 19.5. The van der Waals surface area contributed by atoms with Crippen molar-refractivity contribution in [2.24, 2.45) is 0 Å². The van der Waals surface area contributed by atoms with Crippen molar-refractivity contribution in [3.63, 3.8) is 0 Å². The summed E-state index contributed by atoms with van der Waals surface area (Å²) in [5, 5.41) is 4.95. The van der Waals surface area contributed by atoms with Gasteiger partial charge in [-0.2, -0.15) is 0 Å². The predicted molar refractivity (Wildman–Crippen MR) is 141 cm³/mol. The van der Waals surface area contributed by atoms with Crippen LogP contribution < -0.4 is 15.9 Å². The SMILES string of the molecule is CC(C(=O)/C=C/c1ccccc1Cl)=P(c1ccccc1)(c1ccccc1)c1ccccc1. The molecule has 0 atom stereocenters. The summed E-state index contributed by atoms with van der Waals surface area (Å²) in [5.74, 6) is 0.00909. The molecule has 0 fully saturated rings. The molecule has 3 heteroatoms. The van der Waals surface area contributed by atoms with Gasteiger partial charge in [0.25, 0.3) is 0 Å². The van der Waals surface area contributed by atoms with E-state index in [4.69, 9.17) is 11.6 Å². The summed E-state index contributed by atoms with van der Waals surface area (Å²) in [6.07, 6.45) is 3.46. The molecule has 0 amide bonds. The lowest BCUT2D eigenvalue weighted by Crippen LogP contribution is -2.31. The first-order valence-corrected chi connectivity index (χ1v) is 12.7. The summed E-state index contributed by atoms with van der Waals surface area (Å²) < 4.78 is 0. The van der Waals surface area contributed by atoms with E-state index < -0.39 is 6.89 Å². The maximum atomic E-state index is 13.7. The Labute approximate surface area is 195 Å². The van der Waals surface area contributed by atoms with Crippen LogP contribution in [0.4, 0.5) is 0 Å². The Balaban J connectivity index is 2.01. The number of halogens is 1. The summed E-state index contributed by atoms with van der Waals surface area (Å²) in [5.41, 5.74) is 0.832. The Bertz CT molecular complexity index is 1190. The van der Waals surface area contributed by atoms with Crippen LogP contribution in [0.3, 0.4) is 0 Å². The molecular weight excluding hydrogens is 431 g/mol. The van der Waals surface area contributed by atoms with E-state index in [1.54, 1.807) is 6.08 Å². The lowest BCUT2D eigenvalue weighted by atomic mass is 10.2. The average Bonchev–Trinajstić information content (AvgIpc) is 2.86. The summed E-state index contributed by atoms with van der Waals surface area (Å²) in [7, 11) is 0. The lowest BCUT2D eigenvalue weighted by molar-refractivity contribution is -0.108. The van der Waals surface area contributed by atoms with Crippen LogP contribution in [0, 0.1) is 0 Å². The van der Waals surface area contributed by atoms with Gasteiger partial charge in [-0.25, -0.2) is 0 Å². The van der Waals surface area contributed by atoms with Crippen LogP contribution >= 0.6 is 18.5 Å². The van der Waals surface area contributed by atoms with E-state index in [0.29, 0.717) is 5.02 Å². The van der Waals surface area contributed by atoms with Crippen molar-refractivity contribution < 1.29 is 4.79 Å². The van der Waals surface area contributed by atoms with Crippen molar-refractivity contribution in [2.75, 3.05) is 0 Å². The van der Waals surface area contributed by atoms with Crippen LogP contribution in [-0.4, -0.2) is 11.1 Å². The number of rotatable bonds is 6. The van der Waals surface area contributed by atoms with Gasteiger partial charge in [0, 0.05) is 10.3 Å². The fourth-order valence-corrected chi connectivity index (χ4v) is 8.56. The number of carbonyl (C=O) groups is 1. The first-order valence-electron chi connectivity index (χ1n) is 10.5. The molecule has 0 saturated carbocycles. The molecule has 158 valence electrons. The predicted octanol–water partition coefficient (Wildman–Crippen LogP) is 6.11. The van der Waals surface area contributed by atoms with Gasteiger partial charge in [0.1, 0.15) is 0 Å². The molecule has 0 saturated heterocycles. The van der Waals surface area contributed by atoms with Crippen molar-refractivity contribution >= 4 is 51.6 Å². The van der Waals surface area contributed by atoms with Crippen molar-refractivity contribution in [1.29, 1.82) is 0 Å². The Kier molecular flexibility index (Phi) is 6.90. The van der Waals surface area contributed by atoms with Crippen molar-refractivity contribution in [3.05, 3.63) is 132 Å². The topological polar surface area (TPSA) is 17.1 Å². The number of hydrogen-bond donors (Lipinski definition) is 0. The van der Waals surface area contributed by atoms with Gasteiger partial charge in [0.2, 0.25) is 0 Å². The minimum absolute atomic E-state index is 0.00909. The van der Waals surface area contributed by atoms with Crippen molar-refractivity contribution in [2.45, 2.75) is 6.92 Å². The third-order valence-corrected chi connectivity index (χ3v) is 10.4. The molecular formula is C29H24ClOP. The zero-order valence-electron chi connectivity index (χ0n) is 17.9. The van der Waals surface area contributed by atoms with Gasteiger partial charge in [0.15, 0.2) is 5.78 Å². The fraction of sp³-hybridized carbons (Fsp3) is 0.0345. The van der Waals surface area contributed by atoms with E-state index in [1.807, 2.05) is 91.9 Å². The normalized spacial score (nSPS) is 11.4. The van der Waals surface area contributed by atoms with Gasteiger partial charge in [-0.05, 0) is 53.5 Å². The first-order chi connectivity index (χ1) is 15.6. The average molecular weight is 455 g/mol. The summed E-state index contributed by atoms with van der Waals surface area (Å²) >= 11 is 6.30. The monoisotopic (exact) mass is 454 g/mol. The molecule has 0 aliphatic rings. The second kappa shape index (κ2) is 10.0. The molecule has 0 bridgehead atoms. The van der Waals surface area contributed by atoms with Crippen LogP contribution in [-0.2, 0) is 4.79 Å². The highest BCUT2D eigenvalue weighted by Crippen LogP contribution is 2.46. The quantitative estimate of drug-likeness (QED) is 0.254. The van der Waals surface area contributed by atoms with E-state index >= 15 is 0 Å². The molecule has 32 heavy (non-hydrogen) atoms. The molecule has 0 N–H and O–H groups in total. The van der Waals surface area contributed by atoms with Crippen molar-refractivity contribution in [1.82, 2.24) is 0 Å². The Morgan fingerprint density at radius 3 is 1.50 bits per heavy atom. The van der Waals surface area contributed by atoms with E-state index in [9.17, 15) is 4.79 Å². The molecule has 0 aromatic heterocycles. The van der Waals surface area contributed by atoms with Crippen LogP contribution in [0.25, 0.3) is 6.08 Å². The molecule has 0 aliphatic heterocycles. The Hall–Kier alpha value is -3.12. The molecule has 0 unspecified atom stereocenters. The third kappa shape index (κ3) is 4.28. The highest BCUT2D eigenvalue weighted by Gasteiger charge is 2.29. The van der Waals surface area contributed by atoms with Gasteiger partial charge in [-0.15, -0.1) is 0 Å². The molecule has 0 spiro atoms. The molecule has 0 heterocycles. The smallest absolute Gasteiger partial charge is 0.182 e. The van der Waals surface area contributed by atoms with E-state index in [-0.39, 0.29) is 5.78 Å². The minimum atomic E-state index is -2.35. The maximum absolute atomic E-state index is 13.7. The zero-order chi connectivity index (χ0) is 22.4. The van der Waals surface area contributed by atoms with Gasteiger partial charge in [-0.3, -0.25) is 4.79 Å². The van der Waals surface area contributed by atoms with Crippen LogP contribution in [0.15, 0.2) is 121 Å². The number of hydrogen-bond acceptors (Lipinski definition) is 1. The van der Waals surface area contributed by atoms with Crippen LogP contribution in [0.1, 0.15) is 12.5 Å². The number of benzene rings is 4. The molecule has 4 aromatic rings. The van der Waals surface area contributed by atoms with E-state index in [0.717, 1.165) is 26.8 Å². The summed E-state index contributed by atoms with van der Waals surface area (Å²) in [6, 6.07) is 38.7. The fourth-order valence-electron chi connectivity index (χ4n) is 4.04. The molecule has 0 aliphatic carbocycles. The lowest BCUT2D eigenvalue weighted by Gasteiger charge is -2.31. The second-order valence-corrected chi connectivity index (χ2v) is 11.5. The second-order valence-electron chi connectivity index (χ2n) is 7.48. The number of carbonyl (C=O) groups excluding carboxylic acids is 1. The third-order valence-electron chi connectivity index (χ3n) is 5.61. The summed E-state index contributed by atoms with van der Waals surface area (Å²) in [6.45, 7) is -0.365. The largest absolute Gasteiger partial charge is 0.290 e. The maximum Gasteiger partial charge on any atom is 0.182 e. The molecule has 0 radical (unpaired) electrons. The Morgan fingerprint density at radius 2 is 1.06 bits per heavy atom.